The molecule has 1 atom stereocenters. The van der Waals surface area contributed by atoms with Gasteiger partial charge in [0.15, 0.2) is 4.90 Å². The van der Waals surface area contributed by atoms with E-state index in [1.807, 2.05) is 0 Å². The van der Waals surface area contributed by atoms with Gasteiger partial charge in [-0.05, 0) is 12.0 Å². The second kappa shape index (κ2) is 9.52. The number of nitrogens with zero attached hydrogens (tertiary/aromatic N) is 1. The Balaban J connectivity index is 0.00000529. The molecule has 136 valence electrons. The Bertz CT molecular complexity index is 681. The molecule has 1 aromatic carbocycles. The van der Waals surface area contributed by atoms with Gasteiger partial charge >= 0.3 is 0 Å². The average Bonchev–Trinajstić information content (AvgIpc) is 2.50. The molecule has 1 aromatic rings. The van der Waals surface area contributed by atoms with Crippen LogP contribution in [0.1, 0.15) is 13.8 Å². The molecule has 0 aliphatic heterocycles. The number of amides is 1. The van der Waals surface area contributed by atoms with Crippen LogP contribution >= 0.6 is 12.4 Å². The third kappa shape index (κ3) is 6.04. The Morgan fingerprint density at radius 2 is 1.88 bits per heavy atom. The largest absolute Gasteiger partial charge is 0.353 e. The number of carbonyl (C=O) groups is 1. The highest BCUT2D eigenvalue weighted by Gasteiger charge is 2.24. The lowest BCUT2D eigenvalue weighted by Gasteiger charge is -2.15. The molecular weight excluding hydrogens is 360 g/mol. The minimum Gasteiger partial charge on any atom is -0.353 e. The van der Waals surface area contributed by atoms with Crippen molar-refractivity contribution >= 4 is 34.0 Å². The van der Waals surface area contributed by atoms with Gasteiger partial charge in [0.25, 0.3) is 5.69 Å². The molecule has 0 bridgehead atoms. The summed E-state index contributed by atoms with van der Waals surface area (Å²) in [5, 5.41) is 13.4. The molecule has 0 saturated heterocycles. The molecule has 11 heteroatoms. The highest BCUT2D eigenvalue weighted by Crippen LogP contribution is 2.22. The lowest BCUT2D eigenvalue weighted by Crippen LogP contribution is -2.46. The fourth-order valence-electron chi connectivity index (χ4n) is 1.70. The topological polar surface area (TPSA) is 144 Å². The van der Waals surface area contributed by atoms with Crippen molar-refractivity contribution in [2.75, 3.05) is 13.1 Å². The molecule has 0 aromatic heterocycles. The summed E-state index contributed by atoms with van der Waals surface area (Å²) in [6, 6.07) is 4.35. The molecule has 0 saturated carbocycles. The van der Waals surface area contributed by atoms with E-state index in [0.717, 1.165) is 12.1 Å². The average molecular weight is 381 g/mol. The Morgan fingerprint density at radius 3 is 2.42 bits per heavy atom. The molecule has 0 unspecified atom stereocenters. The number of hydrogen-bond donors (Lipinski definition) is 3. The van der Waals surface area contributed by atoms with Crippen molar-refractivity contribution in [3.8, 4) is 0 Å². The van der Waals surface area contributed by atoms with Gasteiger partial charge in [-0.2, -0.15) is 0 Å². The molecule has 1 amide bonds. The Labute approximate surface area is 146 Å². The third-order valence-electron chi connectivity index (χ3n) is 3.09. The molecular formula is C13H21ClN4O5S. The second-order valence-corrected chi connectivity index (χ2v) is 6.92. The van der Waals surface area contributed by atoms with E-state index in [2.05, 4.69) is 10.0 Å². The van der Waals surface area contributed by atoms with E-state index in [4.69, 9.17) is 5.73 Å². The van der Waals surface area contributed by atoms with Gasteiger partial charge < -0.3 is 11.1 Å². The minimum atomic E-state index is -4.04. The number of nitro benzene ring substituents is 1. The van der Waals surface area contributed by atoms with Crippen molar-refractivity contribution in [1.82, 2.24) is 10.0 Å². The minimum absolute atomic E-state index is 0. The highest BCUT2D eigenvalue weighted by atomic mass is 35.5. The van der Waals surface area contributed by atoms with Crippen LogP contribution in [0.3, 0.4) is 0 Å². The fraction of sp³-hybridized carbons (Fsp3) is 0.462. The number of sulfonamides is 1. The SMILES string of the molecule is CC(C)[C@H](N)C(=O)NCCNS(=O)(=O)c1ccccc1[N+](=O)[O-].Cl. The molecule has 0 spiro atoms. The first-order chi connectivity index (χ1) is 10.7. The van der Waals surface area contributed by atoms with Crippen LogP contribution in [0.2, 0.25) is 0 Å². The van der Waals surface area contributed by atoms with E-state index in [-0.39, 0.29) is 37.3 Å². The van der Waals surface area contributed by atoms with Crippen LogP contribution < -0.4 is 15.8 Å². The number of benzene rings is 1. The van der Waals surface area contributed by atoms with Crippen molar-refractivity contribution in [3.05, 3.63) is 34.4 Å². The Morgan fingerprint density at radius 1 is 1.29 bits per heavy atom. The zero-order valence-electron chi connectivity index (χ0n) is 13.3. The van der Waals surface area contributed by atoms with Crippen LogP contribution in [0.25, 0.3) is 0 Å². The summed E-state index contributed by atoms with van der Waals surface area (Å²) in [5.41, 5.74) is 5.14. The van der Waals surface area contributed by atoms with Crippen molar-refractivity contribution in [3.63, 3.8) is 0 Å². The highest BCUT2D eigenvalue weighted by molar-refractivity contribution is 7.89. The first-order valence-corrected chi connectivity index (χ1v) is 8.41. The summed E-state index contributed by atoms with van der Waals surface area (Å²) in [7, 11) is -4.04. The van der Waals surface area contributed by atoms with Gasteiger partial charge in [0.1, 0.15) is 0 Å². The lowest BCUT2D eigenvalue weighted by molar-refractivity contribution is -0.387. The van der Waals surface area contributed by atoms with Crippen LogP contribution in [0, 0.1) is 16.0 Å². The normalized spacial score (nSPS) is 12.3. The summed E-state index contributed by atoms with van der Waals surface area (Å²) in [4.78, 5) is 21.3. The predicted octanol–water partition coefficient (Wildman–Crippen LogP) is 0.394. The first-order valence-electron chi connectivity index (χ1n) is 6.93. The summed E-state index contributed by atoms with van der Waals surface area (Å²) in [6.07, 6.45) is 0. The number of halogens is 1. The first kappa shape index (κ1) is 22.2. The number of nitro groups is 1. The van der Waals surface area contributed by atoms with E-state index in [0.29, 0.717) is 0 Å². The van der Waals surface area contributed by atoms with Crippen LogP contribution in [0.4, 0.5) is 5.69 Å². The third-order valence-corrected chi connectivity index (χ3v) is 4.60. The van der Waals surface area contributed by atoms with Gasteiger partial charge in [-0.1, -0.05) is 26.0 Å². The molecule has 4 N–H and O–H groups in total. The van der Waals surface area contributed by atoms with Crippen LogP contribution in [-0.2, 0) is 14.8 Å². The fourth-order valence-corrected chi connectivity index (χ4v) is 2.91. The molecule has 24 heavy (non-hydrogen) atoms. The number of nitrogens with two attached hydrogens (primary N) is 1. The smallest absolute Gasteiger partial charge is 0.289 e. The maximum atomic E-state index is 12.1. The van der Waals surface area contributed by atoms with Crippen molar-refractivity contribution in [2.45, 2.75) is 24.8 Å². The maximum Gasteiger partial charge on any atom is 0.289 e. The lowest BCUT2D eigenvalue weighted by atomic mass is 10.1. The predicted molar refractivity (Wildman–Crippen MR) is 91.4 cm³/mol. The number of hydrogen-bond acceptors (Lipinski definition) is 6. The number of rotatable bonds is 8. The van der Waals surface area contributed by atoms with E-state index in [9.17, 15) is 23.3 Å². The van der Waals surface area contributed by atoms with Gasteiger partial charge in [-0.15, -0.1) is 12.4 Å². The van der Waals surface area contributed by atoms with E-state index >= 15 is 0 Å². The summed E-state index contributed by atoms with van der Waals surface area (Å²) < 4.78 is 26.4. The summed E-state index contributed by atoms with van der Waals surface area (Å²) in [6.45, 7) is 3.51. The molecule has 0 radical (unpaired) electrons. The van der Waals surface area contributed by atoms with Crippen molar-refractivity contribution in [1.29, 1.82) is 0 Å². The molecule has 0 aliphatic rings. The van der Waals surface area contributed by atoms with E-state index < -0.39 is 31.6 Å². The number of para-hydroxylation sites is 1. The number of carbonyl (C=O) groups excluding carboxylic acids is 1. The quantitative estimate of drug-likeness (QED) is 0.338. The van der Waals surface area contributed by atoms with E-state index in [1.54, 1.807) is 13.8 Å². The summed E-state index contributed by atoms with van der Waals surface area (Å²) in [5.74, 6) is -0.427. The summed E-state index contributed by atoms with van der Waals surface area (Å²) >= 11 is 0. The molecule has 1 rings (SSSR count). The molecule has 0 fully saturated rings. The monoisotopic (exact) mass is 380 g/mol. The van der Waals surface area contributed by atoms with Gasteiger partial charge in [-0.25, -0.2) is 13.1 Å². The second-order valence-electron chi connectivity index (χ2n) is 5.18. The van der Waals surface area contributed by atoms with Crippen LogP contribution in [0.15, 0.2) is 29.2 Å². The van der Waals surface area contributed by atoms with Gasteiger partial charge in [0.05, 0.1) is 11.0 Å². The zero-order chi connectivity index (χ0) is 17.6. The van der Waals surface area contributed by atoms with Crippen LogP contribution in [0.5, 0.6) is 0 Å². The Hall–Kier alpha value is -1.75. The zero-order valence-corrected chi connectivity index (χ0v) is 14.9. The van der Waals surface area contributed by atoms with Crippen LogP contribution in [-0.4, -0.2) is 38.4 Å². The molecule has 9 nitrogen and oxygen atoms in total. The standard InChI is InChI=1S/C13H20N4O5S.ClH/c1-9(2)12(14)13(18)15-7-8-16-23(21,22)11-6-4-3-5-10(11)17(19)20;/h3-6,9,12,16H,7-8,14H2,1-2H3,(H,15,18);1H/t12-;/m0./s1. The Kier molecular flexibility index (Phi) is 8.83. The van der Waals surface area contributed by atoms with Gasteiger partial charge in [0.2, 0.25) is 15.9 Å². The number of nitrogens with one attached hydrogen (secondary N) is 2. The van der Waals surface area contributed by atoms with Crippen molar-refractivity contribution in [2.24, 2.45) is 11.7 Å². The molecule has 0 aliphatic carbocycles. The van der Waals surface area contributed by atoms with Gasteiger partial charge in [0, 0.05) is 19.2 Å². The van der Waals surface area contributed by atoms with E-state index in [1.165, 1.54) is 12.1 Å². The maximum absolute atomic E-state index is 12.1. The molecule has 0 heterocycles. The van der Waals surface area contributed by atoms with Gasteiger partial charge in [-0.3, -0.25) is 14.9 Å². The van der Waals surface area contributed by atoms with Crippen molar-refractivity contribution < 1.29 is 18.1 Å².